The summed E-state index contributed by atoms with van der Waals surface area (Å²) in [5.41, 5.74) is 4.24. The lowest BCUT2D eigenvalue weighted by Gasteiger charge is -2.15. The van der Waals surface area contributed by atoms with E-state index in [1.165, 1.54) is 11.1 Å². The summed E-state index contributed by atoms with van der Waals surface area (Å²) in [6.07, 6.45) is 2.00. The van der Waals surface area contributed by atoms with Crippen molar-refractivity contribution >= 4 is 5.91 Å². The fourth-order valence-electron chi connectivity index (χ4n) is 2.97. The van der Waals surface area contributed by atoms with E-state index < -0.39 is 0 Å². The van der Waals surface area contributed by atoms with Crippen LogP contribution in [0, 0.1) is 6.92 Å². The summed E-state index contributed by atoms with van der Waals surface area (Å²) in [5, 5.41) is 3.14. The molecule has 1 aliphatic carbocycles. The highest BCUT2D eigenvalue weighted by Gasteiger charge is 2.23. The molecule has 1 unspecified atom stereocenters. The molecule has 1 amide bonds. The Kier molecular flexibility index (Phi) is 3.65. The summed E-state index contributed by atoms with van der Waals surface area (Å²) >= 11 is 0. The van der Waals surface area contributed by atoms with Crippen molar-refractivity contribution in [2.24, 2.45) is 0 Å². The lowest BCUT2D eigenvalue weighted by atomic mass is 10.1. The fraction of sp³-hybridized carbons (Fsp3) is 0.278. The van der Waals surface area contributed by atoms with Crippen molar-refractivity contribution < 1.29 is 9.53 Å². The molecule has 0 aliphatic heterocycles. The summed E-state index contributed by atoms with van der Waals surface area (Å²) in [5.74, 6) is 0.778. The number of fused-ring (bicyclic) bond motifs is 1. The van der Waals surface area contributed by atoms with Crippen molar-refractivity contribution in [2.45, 2.75) is 25.8 Å². The minimum atomic E-state index is -0.0255. The Bertz CT molecular complexity index is 679. The minimum Gasteiger partial charge on any atom is -0.496 e. The lowest BCUT2D eigenvalue weighted by molar-refractivity contribution is 0.0936. The van der Waals surface area contributed by atoms with Crippen molar-refractivity contribution in [1.82, 2.24) is 5.32 Å². The van der Waals surface area contributed by atoms with Gasteiger partial charge >= 0.3 is 0 Å². The second kappa shape index (κ2) is 5.60. The first-order chi connectivity index (χ1) is 10.2. The van der Waals surface area contributed by atoms with Gasteiger partial charge in [0.15, 0.2) is 0 Å². The molecule has 0 saturated carbocycles. The van der Waals surface area contributed by atoms with Crippen LogP contribution >= 0.6 is 0 Å². The number of benzene rings is 2. The molecule has 0 fully saturated rings. The predicted molar refractivity (Wildman–Crippen MR) is 82.7 cm³/mol. The van der Waals surface area contributed by atoms with Gasteiger partial charge in [0.1, 0.15) is 5.75 Å². The molecule has 1 N–H and O–H groups in total. The number of hydrogen-bond donors (Lipinski definition) is 1. The molecule has 3 rings (SSSR count). The Hall–Kier alpha value is -2.29. The van der Waals surface area contributed by atoms with Crippen LogP contribution in [0.4, 0.5) is 0 Å². The van der Waals surface area contributed by atoms with Gasteiger partial charge in [-0.25, -0.2) is 0 Å². The first-order valence-electron chi connectivity index (χ1n) is 7.22. The lowest BCUT2D eigenvalue weighted by Crippen LogP contribution is -2.27. The quantitative estimate of drug-likeness (QED) is 0.936. The molecule has 0 aromatic heterocycles. The van der Waals surface area contributed by atoms with Gasteiger partial charge in [0.2, 0.25) is 0 Å². The van der Waals surface area contributed by atoms with Crippen molar-refractivity contribution in [2.75, 3.05) is 7.11 Å². The van der Waals surface area contributed by atoms with E-state index >= 15 is 0 Å². The third-order valence-corrected chi connectivity index (χ3v) is 4.10. The Morgan fingerprint density at radius 1 is 1.24 bits per heavy atom. The van der Waals surface area contributed by atoms with E-state index in [0.29, 0.717) is 5.56 Å². The van der Waals surface area contributed by atoms with Crippen LogP contribution in [0.3, 0.4) is 0 Å². The Labute approximate surface area is 124 Å². The normalized spacial score (nSPS) is 16.4. The Morgan fingerprint density at radius 2 is 2.05 bits per heavy atom. The molecule has 3 heteroatoms. The average Bonchev–Trinajstić information content (AvgIpc) is 2.90. The Balaban J connectivity index is 1.77. The molecule has 2 aromatic carbocycles. The maximum Gasteiger partial charge on any atom is 0.251 e. The van der Waals surface area contributed by atoms with Gasteiger partial charge in [0.05, 0.1) is 13.2 Å². The van der Waals surface area contributed by atoms with E-state index in [1.54, 1.807) is 7.11 Å². The number of hydrogen-bond acceptors (Lipinski definition) is 2. The van der Waals surface area contributed by atoms with Gasteiger partial charge in [-0.2, -0.15) is 0 Å². The molecule has 108 valence electrons. The van der Waals surface area contributed by atoms with Gasteiger partial charge < -0.3 is 10.1 Å². The summed E-state index contributed by atoms with van der Waals surface area (Å²) < 4.78 is 5.23. The SMILES string of the molecule is COc1ccc(C(=O)NC2CCc3ccccc32)cc1C. The zero-order chi connectivity index (χ0) is 14.8. The zero-order valence-electron chi connectivity index (χ0n) is 12.3. The molecular weight excluding hydrogens is 262 g/mol. The van der Waals surface area contributed by atoms with E-state index in [-0.39, 0.29) is 11.9 Å². The standard InChI is InChI=1S/C18H19NO2/c1-12-11-14(8-10-17(12)21-2)18(20)19-16-9-7-13-5-3-4-6-15(13)16/h3-6,8,10-11,16H,7,9H2,1-2H3,(H,19,20). The number of carbonyl (C=O) groups excluding carboxylic acids is 1. The van der Waals surface area contributed by atoms with Gasteiger partial charge in [-0.15, -0.1) is 0 Å². The molecule has 0 bridgehead atoms. The largest absolute Gasteiger partial charge is 0.496 e. The van der Waals surface area contributed by atoms with E-state index in [1.807, 2.05) is 31.2 Å². The van der Waals surface area contributed by atoms with Crippen LogP contribution in [-0.2, 0) is 6.42 Å². The first kappa shape index (κ1) is 13.7. The highest BCUT2D eigenvalue weighted by Crippen LogP contribution is 2.31. The third kappa shape index (κ3) is 2.64. The molecule has 0 saturated heterocycles. The van der Waals surface area contributed by atoms with Crippen LogP contribution in [-0.4, -0.2) is 13.0 Å². The second-order valence-electron chi connectivity index (χ2n) is 5.45. The van der Waals surface area contributed by atoms with Gasteiger partial charge in [-0.05, 0) is 54.7 Å². The maximum absolute atomic E-state index is 12.4. The highest BCUT2D eigenvalue weighted by atomic mass is 16.5. The minimum absolute atomic E-state index is 0.0255. The summed E-state index contributed by atoms with van der Waals surface area (Å²) in [6.45, 7) is 1.94. The number of carbonyl (C=O) groups is 1. The molecule has 3 nitrogen and oxygen atoms in total. The molecule has 0 radical (unpaired) electrons. The molecular formula is C18H19NO2. The van der Waals surface area contributed by atoms with Crippen LogP contribution in [0.1, 0.15) is 39.5 Å². The topological polar surface area (TPSA) is 38.3 Å². The average molecular weight is 281 g/mol. The first-order valence-corrected chi connectivity index (χ1v) is 7.22. The fourth-order valence-corrected chi connectivity index (χ4v) is 2.97. The summed E-state index contributed by atoms with van der Waals surface area (Å²) in [7, 11) is 1.64. The van der Waals surface area contributed by atoms with Gasteiger partial charge in [-0.3, -0.25) is 4.79 Å². The molecule has 1 aliphatic rings. The predicted octanol–water partition coefficient (Wildman–Crippen LogP) is 3.42. The molecule has 0 heterocycles. The Morgan fingerprint density at radius 3 is 2.81 bits per heavy atom. The van der Waals surface area contributed by atoms with E-state index in [4.69, 9.17) is 4.74 Å². The molecule has 2 aromatic rings. The number of rotatable bonds is 3. The van der Waals surface area contributed by atoms with Crippen LogP contribution in [0.2, 0.25) is 0 Å². The number of methoxy groups -OCH3 is 1. The van der Waals surface area contributed by atoms with Crippen LogP contribution in [0.25, 0.3) is 0 Å². The van der Waals surface area contributed by atoms with E-state index in [2.05, 4.69) is 23.5 Å². The maximum atomic E-state index is 12.4. The highest BCUT2D eigenvalue weighted by molar-refractivity contribution is 5.95. The van der Waals surface area contributed by atoms with Gasteiger partial charge in [0, 0.05) is 5.56 Å². The second-order valence-corrected chi connectivity index (χ2v) is 5.45. The van der Waals surface area contributed by atoms with Crippen LogP contribution < -0.4 is 10.1 Å². The molecule has 0 spiro atoms. The van der Waals surface area contributed by atoms with Crippen molar-refractivity contribution in [3.05, 3.63) is 64.7 Å². The van der Waals surface area contributed by atoms with Crippen LogP contribution in [0.5, 0.6) is 5.75 Å². The van der Waals surface area contributed by atoms with E-state index in [0.717, 1.165) is 24.2 Å². The number of nitrogens with one attached hydrogen (secondary N) is 1. The zero-order valence-corrected chi connectivity index (χ0v) is 12.3. The van der Waals surface area contributed by atoms with Crippen molar-refractivity contribution in [3.63, 3.8) is 0 Å². The summed E-state index contributed by atoms with van der Waals surface area (Å²) in [4.78, 5) is 12.4. The number of ether oxygens (including phenoxy) is 1. The molecule has 21 heavy (non-hydrogen) atoms. The van der Waals surface area contributed by atoms with Crippen molar-refractivity contribution in [3.8, 4) is 5.75 Å². The monoisotopic (exact) mass is 281 g/mol. The third-order valence-electron chi connectivity index (χ3n) is 4.10. The van der Waals surface area contributed by atoms with Gasteiger partial charge in [0.25, 0.3) is 5.91 Å². The molecule has 1 atom stereocenters. The van der Waals surface area contributed by atoms with Gasteiger partial charge in [-0.1, -0.05) is 24.3 Å². The van der Waals surface area contributed by atoms with Crippen LogP contribution in [0.15, 0.2) is 42.5 Å². The smallest absolute Gasteiger partial charge is 0.251 e. The van der Waals surface area contributed by atoms with E-state index in [9.17, 15) is 4.79 Å². The summed E-state index contributed by atoms with van der Waals surface area (Å²) in [6, 6.07) is 14.0. The van der Waals surface area contributed by atoms with Crippen molar-refractivity contribution in [1.29, 1.82) is 0 Å². The number of amides is 1. The number of aryl methyl sites for hydroxylation is 2.